The molecule has 0 aromatic rings. The van der Waals surface area contributed by atoms with Crippen molar-refractivity contribution in [1.29, 1.82) is 0 Å². The van der Waals surface area contributed by atoms with Crippen molar-refractivity contribution in [3.8, 4) is 0 Å². The third kappa shape index (κ3) is 3.46. The monoisotopic (exact) mass is 229 g/mol. The predicted molar refractivity (Wildman–Crippen MR) is 62.1 cm³/mol. The van der Waals surface area contributed by atoms with Crippen LogP contribution in [0.1, 0.15) is 46.0 Å². The van der Waals surface area contributed by atoms with Crippen LogP contribution in [-0.2, 0) is 14.3 Å². The lowest BCUT2D eigenvalue weighted by molar-refractivity contribution is -0.170. The highest BCUT2D eigenvalue weighted by Crippen LogP contribution is 2.31. The molecule has 4 heteroatoms. The van der Waals surface area contributed by atoms with Gasteiger partial charge in [-0.3, -0.25) is 0 Å². The molecule has 1 aliphatic rings. The summed E-state index contributed by atoms with van der Waals surface area (Å²) >= 11 is 0. The zero-order chi connectivity index (χ0) is 12.0. The van der Waals surface area contributed by atoms with Gasteiger partial charge >= 0.3 is 5.97 Å². The Bertz CT molecular complexity index is 224. The summed E-state index contributed by atoms with van der Waals surface area (Å²) in [4.78, 5) is 11.5. The summed E-state index contributed by atoms with van der Waals surface area (Å²) in [5, 5.41) is 0. The lowest BCUT2D eigenvalue weighted by Gasteiger charge is -2.37. The second-order valence-corrected chi connectivity index (χ2v) is 4.46. The van der Waals surface area contributed by atoms with E-state index >= 15 is 0 Å². The first-order chi connectivity index (χ1) is 7.63. The summed E-state index contributed by atoms with van der Waals surface area (Å²) in [6.07, 6.45) is 4.89. The minimum absolute atomic E-state index is 0.291. The topological polar surface area (TPSA) is 61.5 Å². The second-order valence-electron chi connectivity index (χ2n) is 4.46. The minimum Gasteiger partial charge on any atom is -0.464 e. The van der Waals surface area contributed by atoms with Gasteiger partial charge in [-0.15, -0.1) is 0 Å². The van der Waals surface area contributed by atoms with E-state index in [4.69, 9.17) is 15.2 Å². The van der Waals surface area contributed by atoms with Crippen molar-refractivity contribution in [3.05, 3.63) is 0 Å². The van der Waals surface area contributed by atoms with Crippen LogP contribution in [0.5, 0.6) is 0 Å². The quantitative estimate of drug-likeness (QED) is 0.728. The van der Waals surface area contributed by atoms with Gasteiger partial charge in [0.15, 0.2) is 6.10 Å². The number of ether oxygens (including phenoxy) is 2. The number of rotatable bonds is 5. The summed E-state index contributed by atoms with van der Waals surface area (Å²) in [7, 11) is 0. The Hall–Kier alpha value is -0.610. The van der Waals surface area contributed by atoms with Gasteiger partial charge in [-0.05, 0) is 26.7 Å². The van der Waals surface area contributed by atoms with Crippen molar-refractivity contribution >= 4 is 5.97 Å². The van der Waals surface area contributed by atoms with Gasteiger partial charge in [-0.2, -0.15) is 0 Å². The van der Waals surface area contributed by atoms with Gasteiger partial charge in [-0.25, -0.2) is 4.79 Å². The highest BCUT2D eigenvalue weighted by molar-refractivity contribution is 5.74. The molecule has 0 amide bonds. The van der Waals surface area contributed by atoms with Crippen molar-refractivity contribution in [2.75, 3.05) is 13.2 Å². The molecule has 0 radical (unpaired) electrons. The van der Waals surface area contributed by atoms with Crippen LogP contribution < -0.4 is 5.73 Å². The molecule has 1 saturated carbocycles. The Kier molecular flexibility index (Phi) is 5.22. The lowest BCUT2D eigenvalue weighted by atomic mass is 9.84. The fraction of sp³-hybridized carbons (Fsp3) is 0.917. The summed E-state index contributed by atoms with van der Waals surface area (Å²) in [5.41, 5.74) is 5.48. The molecular formula is C12H23NO3. The Labute approximate surface area is 97.5 Å². The largest absolute Gasteiger partial charge is 0.464 e. The second kappa shape index (κ2) is 6.21. The molecular weight excluding hydrogens is 206 g/mol. The molecule has 0 heterocycles. The predicted octanol–water partition coefficient (Wildman–Crippen LogP) is 1.62. The third-order valence-electron chi connectivity index (χ3n) is 3.18. The van der Waals surface area contributed by atoms with Crippen LogP contribution in [0, 0.1) is 0 Å². The Morgan fingerprint density at radius 3 is 2.50 bits per heavy atom. The van der Waals surface area contributed by atoms with Gasteiger partial charge in [0.25, 0.3) is 0 Å². The number of hydrogen-bond donors (Lipinski definition) is 1. The number of carbonyl (C=O) groups is 1. The van der Waals surface area contributed by atoms with E-state index in [1.807, 2.05) is 0 Å². The smallest absolute Gasteiger partial charge is 0.334 e. The minimum atomic E-state index is -0.512. The molecule has 0 aromatic heterocycles. The van der Waals surface area contributed by atoms with Gasteiger partial charge in [0, 0.05) is 6.54 Å². The first-order valence-electron chi connectivity index (χ1n) is 6.18. The van der Waals surface area contributed by atoms with E-state index in [1.165, 1.54) is 6.42 Å². The normalized spacial score (nSPS) is 21.4. The number of hydrogen-bond acceptors (Lipinski definition) is 4. The highest BCUT2D eigenvalue weighted by Gasteiger charge is 2.35. The molecule has 0 aliphatic heterocycles. The van der Waals surface area contributed by atoms with Crippen LogP contribution in [0.25, 0.3) is 0 Å². The standard InChI is InChI=1S/C12H23NO3/c1-3-15-11(14)10(2)16-12(9-13)7-5-4-6-8-12/h10H,3-9,13H2,1-2H3. The molecule has 2 N–H and O–H groups in total. The number of carbonyl (C=O) groups excluding carboxylic acids is 1. The van der Waals surface area contributed by atoms with Crippen LogP contribution in [-0.4, -0.2) is 30.8 Å². The summed E-state index contributed by atoms with van der Waals surface area (Å²) in [6.45, 7) is 4.41. The molecule has 4 nitrogen and oxygen atoms in total. The van der Waals surface area contributed by atoms with E-state index in [0.717, 1.165) is 25.7 Å². The number of esters is 1. The van der Waals surface area contributed by atoms with Gasteiger partial charge in [0.05, 0.1) is 12.2 Å². The molecule has 94 valence electrons. The van der Waals surface area contributed by atoms with Crippen molar-refractivity contribution in [3.63, 3.8) is 0 Å². The molecule has 0 saturated heterocycles. The van der Waals surface area contributed by atoms with E-state index < -0.39 is 6.10 Å². The maximum atomic E-state index is 11.5. The van der Waals surface area contributed by atoms with E-state index in [1.54, 1.807) is 13.8 Å². The Morgan fingerprint density at radius 2 is 2.00 bits per heavy atom. The van der Waals surface area contributed by atoms with Crippen molar-refractivity contribution < 1.29 is 14.3 Å². The fourth-order valence-electron chi connectivity index (χ4n) is 2.25. The Morgan fingerprint density at radius 1 is 1.38 bits per heavy atom. The average Bonchev–Trinajstić information content (AvgIpc) is 2.30. The van der Waals surface area contributed by atoms with Crippen molar-refractivity contribution in [2.45, 2.75) is 57.7 Å². The zero-order valence-electron chi connectivity index (χ0n) is 10.3. The van der Waals surface area contributed by atoms with Gasteiger partial charge in [0.2, 0.25) is 0 Å². The molecule has 1 rings (SSSR count). The van der Waals surface area contributed by atoms with Crippen molar-refractivity contribution in [2.24, 2.45) is 5.73 Å². The first-order valence-corrected chi connectivity index (χ1v) is 6.18. The van der Waals surface area contributed by atoms with E-state index in [9.17, 15) is 4.79 Å². The molecule has 16 heavy (non-hydrogen) atoms. The lowest BCUT2D eigenvalue weighted by Crippen LogP contribution is -2.46. The Balaban J connectivity index is 2.51. The van der Waals surface area contributed by atoms with Crippen LogP contribution in [0.3, 0.4) is 0 Å². The fourth-order valence-corrected chi connectivity index (χ4v) is 2.25. The molecule has 0 spiro atoms. The van der Waals surface area contributed by atoms with Crippen molar-refractivity contribution in [1.82, 2.24) is 0 Å². The van der Waals surface area contributed by atoms with Crippen LogP contribution in [0.15, 0.2) is 0 Å². The van der Waals surface area contributed by atoms with Crippen LogP contribution in [0.4, 0.5) is 0 Å². The molecule has 1 atom stereocenters. The van der Waals surface area contributed by atoms with Gasteiger partial charge in [0.1, 0.15) is 0 Å². The average molecular weight is 229 g/mol. The highest BCUT2D eigenvalue weighted by atomic mass is 16.6. The van der Waals surface area contributed by atoms with E-state index in [0.29, 0.717) is 13.2 Å². The molecule has 0 bridgehead atoms. The third-order valence-corrected chi connectivity index (χ3v) is 3.18. The molecule has 0 aromatic carbocycles. The van der Waals surface area contributed by atoms with Crippen LogP contribution >= 0.6 is 0 Å². The summed E-state index contributed by atoms with van der Waals surface area (Å²) in [6, 6.07) is 0. The van der Waals surface area contributed by atoms with E-state index in [2.05, 4.69) is 0 Å². The zero-order valence-corrected chi connectivity index (χ0v) is 10.3. The van der Waals surface area contributed by atoms with Gasteiger partial charge < -0.3 is 15.2 Å². The molecule has 1 fully saturated rings. The first kappa shape index (κ1) is 13.5. The molecule has 1 aliphatic carbocycles. The maximum absolute atomic E-state index is 11.5. The SMILES string of the molecule is CCOC(=O)C(C)OC1(CN)CCCCC1. The molecule has 1 unspecified atom stereocenters. The van der Waals surface area contributed by atoms with Crippen LogP contribution in [0.2, 0.25) is 0 Å². The number of nitrogens with two attached hydrogens (primary N) is 1. The van der Waals surface area contributed by atoms with E-state index in [-0.39, 0.29) is 11.6 Å². The summed E-state index contributed by atoms with van der Waals surface area (Å²) < 4.78 is 10.8. The maximum Gasteiger partial charge on any atom is 0.334 e. The summed E-state index contributed by atoms with van der Waals surface area (Å²) in [5.74, 6) is -0.291. The van der Waals surface area contributed by atoms with Gasteiger partial charge in [-0.1, -0.05) is 19.3 Å².